The number of nitrogens with zero attached hydrogens (tertiary/aromatic N) is 1. The van der Waals surface area contributed by atoms with Crippen LogP contribution in [-0.2, 0) is 45.3 Å². The zero-order valence-electron chi connectivity index (χ0n) is 24.5. The Bertz CT molecular complexity index is 1700. The van der Waals surface area contributed by atoms with Crippen LogP contribution in [0.25, 0.3) is 10.1 Å². The summed E-state index contributed by atoms with van der Waals surface area (Å²) in [5.74, 6) is -2.40. The normalized spacial score (nSPS) is 17.8. The SMILES string of the molecule is CS(=O)(=O)CCOC(=O)C1=CC(CCCO)=CC(C2CC2)N(Cc2sc3ccccc3c2Cl)C=C1C(=O)OCCS(C)(=O)=O. The van der Waals surface area contributed by atoms with Crippen molar-refractivity contribution in [1.82, 2.24) is 4.90 Å². The van der Waals surface area contributed by atoms with Crippen LogP contribution in [0.15, 0.2) is 59.3 Å². The molecule has 2 aliphatic rings. The van der Waals surface area contributed by atoms with E-state index in [9.17, 15) is 31.5 Å². The summed E-state index contributed by atoms with van der Waals surface area (Å²) in [4.78, 5) is 29.8. The Labute approximate surface area is 266 Å². The maximum absolute atomic E-state index is 13.6. The average Bonchev–Trinajstić information content (AvgIpc) is 3.72. The topological polar surface area (TPSA) is 144 Å². The van der Waals surface area contributed by atoms with Gasteiger partial charge < -0.3 is 19.5 Å². The van der Waals surface area contributed by atoms with Crippen LogP contribution in [0.4, 0.5) is 0 Å². The van der Waals surface area contributed by atoms with E-state index in [0.717, 1.165) is 40.3 Å². The molecule has 1 aliphatic carbocycles. The number of aliphatic hydroxyl groups is 1. The zero-order valence-corrected chi connectivity index (χ0v) is 27.7. The second-order valence-corrected chi connectivity index (χ2v) is 17.1. The number of rotatable bonds is 14. The van der Waals surface area contributed by atoms with Gasteiger partial charge in [-0.3, -0.25) is 0 Å². The Morgan fingerprint density at radius 2 is 1.61 bits per heavy atom. The number of ether oxygens (including phenoxy) is 2. The average molecular weight is 686 g/mol. The molecule has 1 aromatic heterocycles. The van der Waals surface area contributed by atoms with Crippen molar-refractivity contribution in [2.45, 2.75) is 38.3 Å². The van der Waals surface area contributed by atoms with Crippen molar-refractivity contribution in [3.63, 3.8) is 0 Å². The first-order chi connectivity index (χ1) is 20.8. The Morgan fingerprint density at radius 3 is 2.18 bits per heavy atom. The molecule has 4 rings (SSSR count). The zero-order chi connectivity index (χ0) is 32.1. The van der Waals surface area contributed by atoms with E-state index in [-0.39, 0.29) is 29.7 Å². The van der Waals surface area contributed by atoms with E-state index < -0.39 is 56.3 Å². The highest BCUT2D eigenvalue weighted by Gasteiger charge is 2.36. The van der Waals surface area contributed by atoms with Gasteiger partial charge in [0.25, 0.3) is 0 Å². The van der Waals surface area contributed by atoms with Crippen molar-refractivity contribution in [2.24, 2.45) is 5.92 Å². The number of fused-ring (bicyclic) bond motifs is 1. The predicted octanol–water partition coefficient (Wildman–Crippen LogP) is 3.83. The second kappa shape index (κ2) is 14.6. The summed E-state index contributed by atoms with van der Waals surface area (Å²) >= 11 is 8.33. The summed E-state index contributed by atoms with van der Waals surface area (Å²) < 4.78 is 58.4. The van der Waals surface area contributed by atoms with Gasteiger partial charge in [-0.15, -0.1) is 11.3 Å². The van der Waals surface area contributed by atoms with Gasteiger partial charge in [0.15, 0.2) is 19.7 Å². The number of thiophene rings is 1. The van der Waals surface area contributed by atoms with Gasteiger partial charge in [0.05, 0.1) is 40.3 Å². The molecule has 44 heavy (non-hydrogen) atoms. The molecule has 10 nitrogen and oxygen atoms in total. The molecule has 240 valence electrons. The van der Waals surface area contributed by atoms with Crippen molar-refractivity contribution < 1.29 is 41.0 Å². The predicted molar refractivity (Wildman–Crippen MR) is 171 cm³/mol. The molecule has 0 radical (unpaired) electrons. The van der Waals surface area contributed by atoms with Gasteiger partial charge in [0.2, 0.25) is 0 Å². The highest BCUT2D eigenvalue weighted by atomic mass is 35.5. The van der Waals surface area contributed by atoms with Crippen molar-refractivity contribution >= 4 is 64.6 Å². The number of benzene rings is 1. The number of halogens is 1. The molecule has 0 saturated heterocycles. The molecule has 1 atom stereocenters. The van der Waals surface area contributed by atoms with Crippen LogP contribution in [0.5, 0.6) is 0 Å². The largest absolute Gasteiger partial charge is 0.461 e. The molecule has 1 aromatic carbocycles. The quantitative estimate of drug-likeness (QED) is 0.291. The van der Waals surface area contributed by atoms with Gasteiger partial charge in [-0.25, -0.2) is 26.4 Å². The van der Waals surface area contributed by atoms with Crippen LogP contribution in [0.2, 0.25) is 5.02 Å². The van der Waals surface area contributed by atoms with Crippen molar-refractivity contribution in [2.75, 3.05) is 43.8 Å². The van der Waals surface area contributed by atoms with Crippen molar-refractivity contribution in [3.05, 3.63) is 69.2 Å². The Morgan fingerprint density at radius 1 is 1.00 bits per heavy atom. The first-order valence-electron chi connectivity index (χ1n) is 14.1. The van der Waals surface area contributed by atoms with Gasteiger partial charge >= 0.3 is 11.9 Å². The molecule has 2 aromatic rings. The van der Waals surface area contributed by atoms with E-state index in [0.29, 0.717) is 30.0 Å². The standard InChI is InChI=1S/C30H36ClNO9S3/c1-43(36,37)14-12-40-29(34)23-16-20(6-5-11-33)17-25(21-9-10-21)32(18-24(23)30(35)41-13-15-44(2,38)39)19-27-28(31)22-7-3-4-8-26(22)42-27/h3-4,7-8,16-18,21,25,33H,5-6,9-15,19H2,1-2H3. The monoisotopic (exact) mass is 685 g/mol. The molecule has 1 aliphatic heterocycles. The van der Waals surface area contributed by atoms with Crippen LogP contribution in [0, 0.1) is 5.92 Å². The van der Waals surface area contributed by atoms with Crippen molar-refractivity contribution in [1.29, 1.82) is 0 Å². The Balaban J connectivity index is 1.80. The fourth-order valence-corrected chi connectivity index (χ4v) is 7.05. The summed E-state index contributed by atoms with van der Waals surface area (Å²) in [6.45, 7) is -0.635. The third-order valence-corrected chi connectivity index (χ3v) is 10.7. The fourth-order valence-electron chi connectivity index (χ4n) is 4.77. The van der Waals surface area contributed by atoms with Crippen LogP contribution >= 0.6 is 22.9 Å². The maximum Gasteiger partial charge on any atom is 0.340 e. The Hall–Kier alpha value is -2.71. The summed E-state index contributed by atoms with van der Waals surface area (Å²) in [5, 5.41) is 11.1. The molecular formula is C30H36ClNO9S3. The maximum atomic E-state index is 13.6. The highest BCUT2D eigenvalue weighted by Crippen LogP contribution is 2.42. The number of carbonyl (C=O) groups is 2. The number of allylic oxidation sites excluding steroid dienone is 2. The molecule has 1 saturated carbocycles. The minimum absolute atomic E-state index is 0.0925. The summed E-state index contributed by atoms with van der Waals surface area (Å²) in [6, 6.07) is 7.56. The van der Waals surface area contributed by atoms with E-state index in [1.165, 1.54) is 23.6 Å². The molecule has 0 spiro atoms. The number of carbonyl (C=O) groups excluding carboxylic acids is 2. The molecule has 2 heterocycles. The van der Waals surface area contributed by atoms with Gasteiger partial charge in [-0.05, 0) is 49.3 Å². The second-order valence-electron chi connectivity index (χ2n) is 11.0. The third kappa shape index (κ3) is 9.64. The highest BCUT2D eigenvalue weighted by molar-refractivity contribution is 7.90. The third-order valence-electron chi connectivity index (χ3n) is 7.15. The first-order valence-corrected chi connectivity index (χ1v) is 19.4. The van der Waals surface area contributed by atoms with Crippen LogP contribution in [0.3, 0.4) is 0 Å². The van der Waals surface area contributed by atoms with Gasteiger partial charge in [-0.2, -0.15) is 0 Å². The van der Waals surface area contributed by atoms with E-state index in [1.54, 1.807) is 0 Å². The summed E-state index contributed by atoms with van der Waals surface area (Å²) in [6.07, 6.45) is 9.83. The lowest BCUT2D eigenvalue weighted by atomic mass is 9.95. The van der Waals surface area contributed by atoms with Gasteiger partial charge in [-0.1, -0.05) is 35.9 Å². The van der Waals surface area contributed by atoms with Crippen molar-refractivity contribution in [3.8, 4) is 0 Å². The molecule has 14 heteroatoms. The molecule has 1 unspecified atom stereocenters. The lowest BCUT2D eigenvalue weighted by Gasteiger charge is -2.32. The minimum Gasteiger partial charge on any atom is -0.461 e. The summed E-state index contributed by atoms with van der Waals surface area (Å²) in [7, 11) is -6.86. The number of aliphatic hydroxyl groups excluding tert-OH is 1. The molecule has 1 fully saturated rings. The van der Waals surface area contributed by atoms with E-state index in [2.05, 4.69) is 0 Å². The lowest BCUT2D eigenvalue weighted by Crippen LogP contribution is -2.34. The van der Waals surface area contributed by atoms with E-state index in [4.69, 9.17) is 21.1 Å². The van der Waals surface area contributed by atoms with E-state index in [1.807, 2.05) is 35.2 Å². The molecule has 0 bridgehead atoms. The number of sulfone groups is 2. The summed E-state index contributed by atoms with van der Waals surface area (Å²) in [5.41, 5.74) is 0.377. The first kappa shape index (κ1) is 34.2. The van der Waals surface area contributed by atoms with Crippen LogP contribution in [-0.4, -0.2) is 88.7 Å². The van der Waals surface area contributed by atoms with Gasteiger partial charge in [0, 0.05) is 40.3 Å². The smallest absolute Gasteiger partial charge is 0.340 e. The number of esters is 2. The van der Waals surface area contributed by atoms with E-state index >= 15 is 0 Å². The number of hydrogen-bond donors (Lipinski definition) is 1. The van der Waals surface area contributed by atoms with Crippen LogP contribution in [0.1, 0.15) is 30.6 Å². The Kier molecular flexibility index (Phi) is 11.3. The molecule has 1 N–H and O–H groups in total. The lowest BCUT2D eigenvalue weighted by molar-refractivity contribution is -0.142. The number of hydrogen-bond acceptors (Lipinski definition) is 11. The fraction of sp³-hybridized carbons (Fsp3) is 0.467. The van der Waals surface area contributed by atoms with Crippen LogP contribution < -0.4 is 0 Å². The molecular weight excluding hydrogens is 650 g/mol. The molecule has 0 amide bonds. The minimum atomic E-state index is -3.44. The van der Waals surface area contributed by atoms with Gasteiger partial charge in [0.1, 0.15) is 13.2 Å².